The van der Waals surface area contributed by atoms with E-state index in [4.69, 9.17) is 0 Å². The Balaban J connectivity index is 2.02. The molecule has 0 bridgehead atoms. The minimum atomic E-state index is -3.48. The van der Waals surface area contributed by atoms with E-state index >= 15 is 0 Å². The van der Waals surface area contributed by atoms with Crippen molar-refractivity contribution in [3.8, 4) is 0 Å². The lowest BCUT2D eigenvalue weighted by Crippen LogP contribution is -2.24. The number of allylic oxidation sites excluding steroid dienone is 1. The monoisotopic (exact) mass is 388 g/mol. The van der Waals surface area contributed by atoms with Crippen molar-refractivity contribution in [2.45, 2.75) is 88.2 Å². The van der Waals surface area contributed by atoms with E-state index in [1.165, 1.54) is 19.3 Å². The highest BCUT2D eigenvalue weighted by Gasteiger charge is 2.39. The van der Waals surface area contributed by atoms with Crippen LogP contribution >= 0.6 is 0 Å². The molecule has 27 heavy (non-hydrogen) atoms. The maximum atomic E-state index is 13.5. The van der Waals surface area contributed by atoms with Crippen LogP contribution in [0.2, 0.25) is 0 Å². The lowest BCUT2D eigenvalue weighted by Gasteiger charge is -2.22. The first kappa shape index (κ1) is 20.3. The van der Waals surface area contributed by atoms with Crippen LogP contribution in [0.4, 0.5) is 0 Å². The Morgan fingerprint density at radius 1 is 0.889 bits per heavy atom. The molecule has 0 amide bonds. The van der Waals surface area contributed by atoms with Crippen molar-refractivity contribution in [1.82, 2.24) is 0 Å². The summed E-state index contributed by atoms with van der Waals surface area (Å²) in [4.78, 5) is 13.2. The summed E-state index contributed by atoms with van der Waals surface area (Å²) >= 11 is 0. The Hall–Kier alpha value is -1.42. The molecule has 2 aliphatic rings. The van der Waals surface area contributed by atoms with Gasteiger partial charge in [0.05, 0.1) is 10.1 Å². The van der Waals surface area contributed by atoms with E-state index in [1.54, 1.807) is 12.1 Å². The molecule has 3 nitrogen and oxygen atoms in total. The summed E-state index contributed by atoms with van der Waals surface area (Å²) < 4.78 is 27.1. The fourth-order valence-electron chi connectivity index (χ4n) is 4.54. The highest BCUT2D eigenvalue weighted by Crippen LogP contribution is 2.39. The smallest absolute Gasteiger partial charge is 0.185 e. The Morgan fingerprint density at radius 2 is 1.48 bits per heavy atom. The maximum Gasteiger partial charge on any atom is 0.185 e. The predicted molar refractivity (Wildman–Crippen MR) is 110 cm³/mol. The van der Waals surface area contributed by atoms with E-state index in [0.717, 1.165) is 48.8 Å². The zero-order valence-electron chi connectivity index (χ0n) is 16.7. The van der Waals surface area contributed by atoms with Crippen LogP contribution in [-0.4, -0.2) is 19.5 Å². The van der Waals surface area contributed by atoms with E-state index in [9.17, 15) is 13.2 Å². The first-order valence-corrected chi connectivity index (χ1v) is 12.0. The Kier molecular flexibility index (Phi) is 6.56. The van der Waals surface area contributed by atoms with Crippen LogP contribution in [0, 0.1) is 12.8 Å². The summed E-state index contributed by atoms with van der Waals surface area (Å²) in [6.45, 7) is 3.91. The third-order valence-electron chi connectivity index (χ3n) is 6.16. The standard InChI is InChI=1S/C23H32O3S/c1-17-12-14-19(15-13-17)27(25,26)22-11-9-7-5-3-4-6-8-10-20-21(22)16-18(2)23(20)24/h12-15,18,22H,3-11,16H2,1-2H3. The zero-order chi connectivity index (χ0) is 19.4. The molecule has 0 radical (unpaired) electrons. The fraction of sp³-hybridized carbons (Fsp3) is 0.609. The van der Waals surface area contributed by atoms with Gasteiger partial charge in [-0.3, -0.25) is 4.79 Å². The molecule has 148 valence electrons. The van der Waals surface area contributed by atoms with Gasteiger partial charge >= 0.3 is 0 Å². The largest absolute Gasteiger partial charge is 0.294 e. The second-order valence-electron chi connectivity index (χ2n) is 8.33. The van der Waals surface area contributed by atoms with E-state index < -0.39 is 15.1 Å². The number of sulfone groups is 1. The van der Waals surface area contributed by atoms with Crippen LogP contribution in [0.1, 0.15) is 76.7 Å². The minimum Gasteiger partial charge on any atom is -0.294 e. The SMILES string of the molecule is Cc1ccc(S(=O)(=O)C2CCCCCCCCCC3=C2CC(C)C3=O)cc1. The van der Waals surface area contributed by atoms with Gasteiger partial charge in [-0.1, -0.05) is 63.1 Å². The van der Waals surface area contributed by atoms with E-state index in [1.807, 2.05) is 26.0 Å². The molecule has 3 rings (SSSR count). The molecule has 0 spiro atoms. The number of hydrogen-bond donors (Lipinski definition) is 0. The van der Waals surface area contributed by atoms with Gasteiger partial charge in [-0.25, -0.2) is 8.42 Å². The molecule has 0 fully saturated rings. The van der Waals surface area contributed by atoms with Gasteiger partial charge in [0.2, 0.25) is 0 Å². The number of rotatable bonds is 2. The Morgan fingerprint density at radius 3 is 2.15 bits per heavy atom. The van der Waals surface area contributed by atoms with Crippen molar-refractivity contribution in [3.63, 3.8) is 0 Å². The van der Waals surface area contributed by atoms with Crippen molar-refractivity contribution in [2.24, 2.45) is 5.92 Å². The van der Waals surface area contributed by atoms with E-state index in [2.05, 4.69) is 0 Å². The lowest BCUT2D eigenvalue weighted by atomic mass is 9.96. The first-order chi connectivity index (χ1) is 12.9. The van der Waals surface area contributed by atoms with Crippen molar-refractivity contribution in [3.05, 3.63) is 41.0 Å². The minimum absolute atomic E-state index is 0.0733. The number of ketones is 1. The predicted octanol–water partition coefficient (Wildman–Crippen LogP) is 5.57. The number of benzene rings is 1. The van der Waals surface area contributed by atoms with Gasteiger partial charge in [-0.05, 0) is 55.9 Å². The Bertz CT molecular complexity index is 803. The molecule has 0 aliphatic heterocycles. The van der Waals surface area contributed by atoms with Crippen LogP contribution in [0.5, 0.6) is 0 Å². The van der Waals surface area contributed by atoms with Crippen molar-refractivity contribution >= 4 is 15.6 Å². The van der Waals surface area contributed by atoms with Gasteiger partial charge in [0.25, 0.3) is 0 Å². The van der Waals surface area contributed by atoms with Crippen LogP contribution in [0.3, 0.4) is 0 Å². The number of hydrogen-bond acceptors (Lipinski definition) is 3. The van der Waals surface area contributed by atoms with E-state index in [0.29, 0.717) is 17.7 Å². The molecule has 0 saturated carbocycles. The Labute approximate surface area is 164 Å². The quantitative estimate of drug-likeness (QED) is 0.666. The van der Waals surface area contributed by atoms with Gasteiger partial charge in [0, 0.05) is 5.92 Å². The lowest BCUT2D eigenvalue weighted by molar-refractivity contribution is -0.118. The van der Waals surface area contributed by atoms with Gasteiger partial charge in [-0.2, -0.15) is 0 Å². The van der Waals surface area contributed by atoms with Gasteiger partial charge in [0.15, 0.2) is 15.6 Å². The molecule has 0 aromatic heterocycles. The van der Waals surface area contributed by atoms with E-state index in [-0.39, 0.29) is 11.7 Å². The molecule has 2 atom stereocenters. The average molecular weight is 389 g/mol. The molecule has 1 aromatic carbocycles. The molecular formula is C23H32O3S. The topological polar surface area (TPSA) is 51.2 Å². The third kappa shape index (κ3) is 4.53. The van der Waals surface area contributed by atoms with Crippen LogP contribution < -0.4 is 0 Å². The summed E-state index contributed by atoms with van der Waals surface area (Å²) in [6.07, 6.45) is 9.72. The van der Waals surface area contributed by atoms with Crippen LogP contribution in [-0.2, 0) is 14.6 Å². The summed E-state index contributed by atoms with van der Waals surface area (Å²) in [6, 6.07) is 7.17. The number of carbonyl (C=O) groups excluding carboxylic acids is 1. The average Bonchev–Trinajstić information content (AvgIpc) is 2.89. The number of carbonyl (C=O) groups is 1. The van der Waals surface area contributed by atoms with Gasteiger partial charge in [-0.15, -0.1) is 0 Å². The molecule has 4 heteroatoms. The van der Waals surface area contributed by atoms with Crippen molar-refractivity contribution in [2.75, 3.05) is 0 Å². The molecule has 2 aliphatic carbocycles. The normalized spacial score (nSPS) is 25.6. The zero-order valence-corrected chi connectivity index (χ0v) is 17.5. The molecule has 1 aromatic rings. The number of Topliss-reactive ketones (excluding diaryl/α,β-unsaturated/α-hetero) is 1. The van der Waals surface area contributed by atoms with Crippen molar-refractivity contribution < 1.29 is 13.2 Å². The summed E-state index contributed by atoms with van der Waals surface area (Å²) in [5.41, 5.74) is 2.81. The first-order valence-electron chi connectivity index (χ1n) is 10.5. The van der Waals surface area contributed by atoms with Crippen LogP contribution in [0.25, 0.3) is 0 Å². The van der Waals surface area contributed by atoms with Gasteiger partial charge in [0.1, 0.15) is 0 Å². The summed E-state index contributed by atoms with van der Waals surface area (Å²) in [5.74, 6) is 0.113. The fourth-order valence-corrected chi connectivity index (χ4v) is 6.47. The summed E-state index contributed by atoms with van der Waals surface area (Å²) in [5, 5.41) is -0.538. The molecule has 0 N–H and O–H groups in total. The van der Waals surface area contributed by atoms with Gasteiger partial charge < -0.3 is 0 Å². The molecule has 0 heterocycles. The summed E-state index contributed by atoms with van der Waals surface area (Å²) in [7, 11) is -3.48. The highest BCUT2D eigenvalue weighted by molar-refractivity contribution is 7.92. The molecule has 2 unspecified atom stereocenters. The van der Waals surface area contributed by atoms with Crippen molar-refractivity contribution in [1.29, 1.82) is 0 Å². The second kappa shape index (κ2) is 8.72. The second-order valence-corrected chi connectivity index (χ2v) is 10.5. The van der Waals surface area contributed by atoms with Crippen LogP contribution in [0.15, 0.2) is 40.3 Å². The molecule has 0 saturated heterocycles. The molecular weight excluding hydrogens is 356 g/mol. The maximum absolute atomic E-state index is 13.5. The third-order valence-corrected chi connectivity index (χ3v) is 8.36. The highest BCUT2D eigenvalue weighted by atomic mass is 32.2. The number of aryl methyl sites for hydroxylation is 1.